The van der Waals surface area contributed by atoms with E-state index in [9.17, 15) is 9.59 Å². The molecule has 3 rings (SSSR count). The first-order valence-electron chi connectivity index (χ1n) is 12.2. The summed E-state index contributed by atoms with van der Waals surface area (Å²) >= 11 is 0. The average molecular weight is 498 g/mol. The molecule has 0 saturated carbocycles. The molecule has 5 N–H and O–H groups in total. The largest absolute Gasteiger partial charge is 0.459 e. The van der Waals surface area contributed by atoms with Crippen molar-refractivity contribution < 1.29 is 28.9 Å². The van der Waals surface area contributed by atoms with Gasteiger partial charge in [0.1, 0.15) is 0 Å². The van der Waals surface area contributed by atoms with Crippen LogP contribution in [0.5, 0.6) is 0 Å². The van der Waals surface area contributed by atoms with Gasteiger partial charge >= 0.3 is 0 Å². The van der Waals surface area contributed by atoms with Crippen molar-refractivity contribution in [2.45, 2.75) is 37.9 Å². The van der Waals surface area contributed by atoms with Gasteiger partial charge in [0.15, 0.2) is 5.76 Å². The number of nitrogens with one attached hydrogen (secondary N) is 2. The Morgan fingerprint density at radius 2 is 1.81 bits per heavy atom. The van der Waals surface area contributed by atoms with Gasteiger partial charge in [-0.1, -0.05) is 42.5 Å². The van der Waals surface area contributed by atoms with Crippen molar-refractivity contribution in [2.24, 2.45) is 0 Å². The van der Waals surface area contributed by atoms with Crippen LogP contribution < -0.4 is 16.4 Å². The average Bonchev–Trinajstić information content (AvgIpc) is 2.90. The first-order valence-corrected chi connectivity index (χ1v) is 12.2. The lowest BCUT2D eigenvalue weighted by molar-refractivity contribution is -0.151. The van der Waals surface area contributed by atoms with Gasteiger partial charge in [0.05, 0.1) is 37.8 Å². The minimum atomic E-state index is -0.590. The summed E-state index contributed by atoms with van der Waals surface area (Å²) in [6, 6.07) is 17.0. The topological polar surface area (TPSA) is 132 Å². The second-order valence-electron chi connectivity index (χ2n) is 8.39. The molecule has 0 aliphatic carbocycles. The molecule has 9 heteroatoms. The summed E-state index contributed by atoms with van der Waals surface area (Å²) in [4.78, 5) is 24.9. The molecular formula is C27H35N3O6. The van der Waals surface area contributed by atoms with E-state index in [1.165, 1.54) is 0 Å². The number of carbonyl (C=O) groups is 2. The Bertz CT molecular complexity index is 998. The number of unbranched alkanes of at least 4 members (excludes halogenated alkanes) is 1. The quantitative estimate of drug-likeness (QED) is 0.233. The Balaban J connectivity index is 1.45. The van der Waals surface area contributed by atoms with Gasteiger partial charge in [-0.3, -0.25) is 9.59 Å². The fourth-order valence-electron chi connectivity index (χ4n) is 3.78. The van der Waals surface area contributed by atoms with E-state index in [1.54, 1.807) is 12.1 Å². The molecule has 194 valence electrons. The fraction of sp³-hybridized carbons (Fsp3) is 0.407. The van der Waals surface area contributed by atoms with E-state index in [-0.39, 0.29) is 43.3 Å². The zero-order valence-corrected chi connectivity index (χ0v) is 20.4. The van der Waals surface area contributed by atoms with Crippen LogP contribution in [0.15, 0.2) is 66.4 Å². The summed E-state index contributed by atoms with van der Waals surface area (Å²) in [5.41, 5.74) is 8.04. The number of para-hydroxylation sites is 2. The van der Waals surface area contributed by atoms with Crippen molar-refractivity contribution in [1.29, 1.82) is 0 Å². The van der Waals surface area contributed by atoms with Crippen molar-refractivity contribution in [3.63, 3.8) is 0 Å². The monoisotopic (exact) mass is 497 g/mol. The molecule has 2 aromatic rings. The molecule has 0 aromatic heterocycles. The summed E-state index contributed by atoms with van der Waals surface area (Å²) in [6.45, 7) is 1.23. The highest BCUT2D eigenvalue weighted by atomic mass is 16.7. The number of aliphatic hydroxyl groups is 1. The summed E-state index contributed by atoms with van der Waals surface area (Å²) < 4.78 is 16.8. The van der Waals surface area contributed by atoms with Crippen molar-refractivity contribution in [2.75, 3.05) is 44.0 Å². The number of allylic oxidation sites excluding steroid dienone is 1. The summed E-state index contributed by atoms with van der Waals surface area (Å²) in [5.74, 6) is -0.250. The van der Waals surface area contributed by atoms with E-state index < -0.39 is 6.29 Å². The number of hydrogen-bond donors (Lipinski definition) is 4. The lowest BCUT2D eigenvalue weighted by Gasteiger charge is -2.29. The van der Waals surface area contributed by atoms with Crippen molar-refractivity contribution in [3.8, 4) is 0 Å². The Morgan fingerprint density at radius 1 is 1.03 bits per heavy atom. The van der Waals surface area contributed by atoms with Crippen LogP contribution in [0, 0.1) is 0 Å². The molecule has 1 aliphatic rings. The third kappa shape index (κ3) is 8.99. The van der Waals surface area contributed by atoms with Crippen molar-refractivity contribution in [1.82, 2.24) is 5.32 Å². The van der Waals surface area contributed by atoms with Gasteiger partial charge < -0.3 is 35.7 Å². The third-order valence-corrected chi connectivity index (χ3v) is 5.63. The fourth-order valence-corrected chi connectivity index (χ4v) is 3.78. The Labute approximate surface area is 211 Å². The highest BCUT2D eigenvalue weighted by Crippen LogP contribution is 2.31. The lowest BCUT2D eigenvalue weighted by atomic mass is 9.93. The first kappa shape index (κ1) is 27.2. The molecule has 0 bridgehead atoms. The van der Waals surface area contributed by atoms with E-state index in [0.717, 1.165) is 5.56 Å². The van der Waals surface area contributed by atoms with Crippen LogP contribution in [-0.4, -0.2) is 56.2 Å². The molecular weight excluding hydrogens is 462 g/mol. The number of amides is 2. The highest BCUT2D eigenvalue weighted by molar-refractivity contribution is 5.93. The first-order chi connectivity index (χ1) is 17.6. The molecule has 0 fully saturated rings. The number of anilines is 2. The van der Waals surface area contributed by atoms with Crippen LogP contribution in [-0.2, 0) is 23.8 Å². The minimum absolute atomic E-state index is 0.0295. The molecule has 0 radical (unpaired) electrons. The Kier molecular flexibility index (Phi) is 11.2. The van der Waals surface area contributed by atoms with Gasteiger partial charge in [-0.25, -0.2) is 0 Å². The molecule has 2 atom stereocenters. The van der Waals surface area contributed by atoms with E-state index in [0.29, 0.717) is 50.2 Å². The number of aliphatic hydroxyl groups excluding tert-OH is 1. The maximum Gasteiger partial charge on any atom is 0.286 e. The molecule has 0 unspecified atom stereocenters. The standard InChI is InChI=1S/C27H35N3O6/c28-22-10-4-5-11-23(22)30-25(32)12-6-7-13-29-27(33)24-18-21(20-8-2-1-3-9-20)19-26(36-24)35-17-16-34-15-14-31/h1-5,8-11,18,21,26,31H,6-7,12-17,19,28H2,(H,29,33)(H,30,32)/t21-,26+/m1/s1. The minimum Gasteiger partial charge on any atom is -0.459 e. The predicted molar refractivity (Wildman–Crippen MR) is 137 cm³/mol. The maximum absolute atomic E-state index is 12.8. The number of hydrogen-bond acceptors (Lipinski definition) is 7. The van der Waals surface area contributed by atoms with Crippen LogP contribution >= 0.6 is 0 Å². The van der Waals surface area contributed by atoms with Gasteiger partial charge in [-0.15, -0.1) is 0 Å². The van der Waals surface area contributed by atoms with Gasteiger partial charge in [0, 0.05) is 25.3 Å². The molecule has 2 amide bonds. The van der Waals surface area contributed by atoms with Crippen LogP contribution in [0.3, 0.4) is 0 Å². The Hall–Kier alpha value is -3.40. The number of carbonyl (C=O) groups excluding carboxylic acids is 2. The number of benzene rings is 2. The molecule has 0 saturated heterocycles. The summed E-state index contributed by atoms with van der Waals surface area (Å²) in [7, 11) is 0. The zero-order chi connectivity index (χ0) is 25.6. The van der Waals surface area contributed by atoms with Gasteiger partial charge in [0.25, 0.3) is 5.91 Å². The number of rotatable bonds is 14. The maximum atomic E-state index is 12.8. The van der Waals surface area contributed by atoms with Crippen LogP contribution in [0.25, 0.3) is 0 Å². The smallest absolute Gasteiger partial charge is 0.286 e. The summed E-state index contributed by atoms with van der Waals surface area (Å²) in [6.07, 6.45) is 3.39. The molecule has 9 nitrogen and oxygen atoms in total. The Morgan fingerprint density at radius 3 is 2.58 bits per heavy atom. The van der Waals surface area contributed by atoms with Crippen molar-refractivity contribution in [3.05, 3.63) is 72.0 Å². The molecule has 1 aliphatic heterocycles. The van der Waals surface area contributed by atoms with E-state index in [4.69, 9.17) is 25.1 Å². The highest BCUT2D eigenvalue weighted by Gasteiger charge is 2.28. The van der Waals surface area contributed by atoms with Crippen molar-refractivity contribution >= 4 is 23.2 Å². The molecule has 0 spiro atoms. The van der Waals surface area contributed by atoms with Gasteiger partial charge in [-0.2, -0.15) is 0 Å². The normalized spacial score (nSPS) is 17.1. The lowest BCUT2D eigenvalue weighted by Crippen LogP contribution is -2.33. The van der Waals surface area contributed by atoms with E-state index >= 15 is 0 Å². The van der Waals surface area contributed by atoms with E-state index in [1.807, 2.05) is 48.5 Å². The second kappa shape index (κ2) is 14.9. The number of nitrogens with two attached hydrogens (primary N) is 1. The van der Waals surface area contributed by atoms with Gasteiger partial charge in [0.2, 0.25) is 12.2 Å². The third-order valence-electron chi connectivity index (χ3n) is 5.63. The van der Waals surface area contributed by atoms with Crippen LogP contribution in [0.4, 0.5) is 11.4 Å². The van der Waals surface area contributed by atoms with E-state index in [2.05, 4.69) is 10.6 Å². The SMILES string of the molecule is Nc1ccccc1NC(=O)CCCCNC(=O)C1=C[C@@H](c2ccccc2)C[C@@H](OCCOCCO)O1. The van der Waals surface area contributed by atoms with Crippen LogP contribution in [0.1, 0.15) is 37.2 Å². The molecule has 1 heterocycles. The zero-order valence-electron chi connectivity index (χ0n) is 20.4. The second-order valence-corrected chi connectivity index (χ2v) is 8.39. The number of ether oxygens (including phenoxy) is 3. The van der Waals surface area contributed by atoms with Crippen LogP contribution in [0.2, 0.25) is 0 Å². The van der Waals surface area contributed by atoms with Gasteiger partial charge in [-0.05, 0) is 36.6 Å². The predicted octanol–water partition coefficient (Wildman–Crippen LogP) is 2.93. The number of nitrogen functional groups attached to an aromatic ring is 1. The molecule has 2 aromatic carbocycles. The summed E-state index contributed by atoms with van der Waals surface area (Å²) in [5, 5.41) is 14.5. The molecule has 36 heavy (non-hydrogen) atoms.